The predicted octanol–water partition coefficient (Wildman–Crippen LogP) is 2.88. The van der Waals surface area contributed by atoms with Gasteiger partial charge in [0.1, 0.15) is 12.4 Å². The molecule has 3 aromatic rings. The van der Waals surface area contributed by atoms with E-state index in [4.69, 9.17) is 9.15 Å². The molecular weight excluding hydrogens is 288 g/mol. The van der Waals surface area contributed by atoms with E-state index in [1.165, 1.54) is 0 Å². The lowest BCUT2D eigenvalue weighted by Crippen LogP contribution is -2.24. The number of benzene rings is 1. The zero-order valence-electron chi connectivity index (χ0n) is 11.4. The Kier molecular flexibility index (Phi) is 4.49. The Morgan fingerprint density at radius 2 is 2.33 bits per heavy atom. The third-order valence-corrected chi connectivity index (χ3v) is 3.80. The van der Waals surface area contributed by atoms with Crippen molar-refractivity contribution in [2.75, 3.05) is 18.5 Å². The molecule has 2 aromatic heterocycles. The number of anilines is 1. The number of thiazole rings is 1. The standard InChI is InChI=1S/C15H16N2O3S/c18-12(8-19-9-13-2-1-5-20-13)7-16-11-3-4-14-15(6-11)21-10-17-14/h1-6,10,12,16,18H,7-9H2. The van der Waals surface area contributed by atoms with Crippen LogP contribution in [0.2, 0.25) is 0 Å². The molecule has 0 spiro atoms. The predicted molar refractivity (Wildman–Crippen MR) is 82.5 cm³/mol. The van der Waals surface area contributed by atoms with Crippen LogP contribution in [0.15, 0.2) is 46.5 Å². The first-order valence-electron chi connectivity index (χ1n) is 6.66. The van der Waals surface area contributed by atoms with E-state index in [-0.39, 0.29) is 6.61 Å². The summed E-state index contributed by atoms with van der Waals surface area (Å²) in [5.41, 5.74) is 3.79. The minimum Gasteiger partial charge on any atom is -0.467 e. The van der Waals surface area contributed by atoms with Crippen LogP contribution in [0, 0.1) is 0 Å². The Hall–Kier alpha value is -1.89. The minimum atomic E-state index is -0.572. The van der Waals surface area contributed by atoms with Gasteiger partial charge in [-0.05, 0) is 30.3 Å². The van der Waals surface area contributed by atoms with Gasteiger partial charge in [-0.1, -0.05) is 0 Å². The lowest BCUT2D eigenvalue weighted by Gasteiger charge is -2.12. The van der Waals surface area contributed by atoms with E-state index in [1.807, 2.05) is 35.8 Å². The third-order valence-electron chi connectivity index (χ3n) is 3.01. The van der Waals surface area contributed by atoms with Crippen LogP contribution >= 0.6 is 11.3 Å². The summed E-state index contributed by atoms with van der Waals surface area (Å²) >= 11 is 1.60. The molecule has 0 radical (unpaired) electrons. The Labute approximate surface area is 126 Å². The Morgan fingerprint density at radius 3 is 3.19 bits per heavy atom. The molecule has 6 heteroatoms. The van der Waals surface area contributed by atoms with Crippen molar-refractivity contribution in [3.8, 4) is 0 Å². The summed E-state index contributed by atoms with van der Waals surface area (Å²) in [6, 6.07) is 9.61. The number of aliphatic hydroxyl groups is 1. The van der Waals surface area contributed by atoms with Crippen molar-refractivity contribution >= 4 is 27.2 Å². The molecule has 0 aliphatic rings. The number of hydrogen-bond acceptors (Lipinski definition) is 6. The third kappa shape index (κ3) is 3.81. The van der Waals surface area contributed by atoms with Crippen molar-refractivity contribution in [3.05, 3.63) is 47.9 Å². The number of fused-ring (bicyclic) bond motifs is 1. The van der Waals surface area contributed by atoms with Gasteiger partial charge in [0.2, 0.25) is 0 Å². The molecule has 110 valence electrons. The van der Waals surface area contributed by atoms with Crippen molar-refractivity contribution in [3.63, 3.8) is 0 Å². The first-order valence-corrected chi connectivity index (χ1v) is 7.54. The number of ether oxygens (including phenoxy) is 1. The zero-order valence-corrected chi connectivity index (χ0v) is 12.2. The van der Waals surface area contributed by atoms with E-state index < -0.39 is 6.10 Å². The minimum absolute atomic E-state index is 0.260. The molecule has 0 bridgehead atoms. The highest BCUT2D eigenvalue weighted by Crippen LogP contribution is 2.21. The molecule has 0 saturated carbocycles. The van der Waals surface area contributed by atoms with Gasteiger partial charge in [0.25, 0.3) is 0 Å². The summed E-state index contributed by atoms with van der Waals surface area (Å²) in [7, 11) is 0. The summed E-state index contributed by atoms with van der Waals surface area (Å²) in [4.78, 5) is 4.23. The maximum absolute atomic E-state index is 9.88. The van der Waals surface area contributed by atoms with Crippen molar-refractivity contribution in [2.24, 2.45) is 0 Å². The normalized spacial score (nSPS) is 12.6. The van der Waals surface area contributed by atoms with E-state index >= 15 is 0 Å². The van der Waals surface area contributed by atoms with E-state index in [9.17, 15) is 5.11 Å². The fourth-order valence-electron chi connectivity index (χ4n) is 1.95. The van der Waals surface area contributed by atoms with Crippen LogP contribution in [0.4, 0.5) is 5.69 Å². The second kappa shape index (κ2) is 6.71. The second-order valence-electron chi connectivity index (χ2n) is 4.66. The van der Waals surface area contributed by atoms with Gasteiger partial charge in [0, 0.05) is 12.2 Å². The Morgan fingerprint density at radius 1 is 1.38 bits per heavy atom. The van der Waals surface area contributed by atoms with Crippen LogP contribution in [-0.4, -0.2) is 29.3 Å². The van der Waals surface area contributed by atoms with Gasteiger partial charge in [-0.25, -0.2) is 4.98 Å². The van der Waals surface area contributed by atoms with Crippen LogP contribution < -0.4 is 5.32 Å². The number of nitrogens with one attached hydrogen (secondary N) is 1. The molecule has 3 rings (SSSR count). The van der Waals surface area contributed by atoms with Crippen molar-refractivity contribution < 1.29 is 14.3 Å². The van der Waals surface area contributed by atoms with E-state index in [2.05, 4.69) is 10.3 Å². The molecule has 0 aliphatic carbocycles. The lowest BCUT2D eigenvalue weighted by molar-refractivity contribution is 0.0282. The fraction of sp³-hybridized carbons (Fsp3) is 0.267. The number of hydrogen-bond donors (Lipinski definition) is 2. The maximum atomic E-state index is 9.88. The number of rotatable bonds is 7. The first-order chi connectivity index (χ1) is 10.3. The van der Waals surface area contributed by atoms with Gasteiger partial charge in [0.05, 0.1) is 34.7 Å². The highest BCUT2D eigenvalue weighted by atomic mass is 32.1. The fourth-order valence-corrected chi connectivity index (χ4v) is 2.67. The second-order valence-corrected chi connectivity index (χ2v) is 5.55. The smallest absolute Gasteiger partial charge is 0.129 e. The van der Waals surface area contributed by atoms with E-state index in [0.29, 0.717) is 13.2 Å². The highest BCUT2D eigenvalue weighted by molar-refractivity contribution is 7.16. The number of nitrogens with zero attached hydrogens (tertiary/aromatic N) is 1. The average molecular weight is 304 g/mol. The van der Waals surface area contributed by atoms with Gasteiger partial charge in [-0.3, -0.25) is 0 Å². The lowest BCUT2D eigenvalue weighted by atomic mass is 10.3. The van der Waals surface area contributed by atoms with Crippen LogP contribution in [0.3, 0.4) is 0 Å². The summed E-state index contributed by atoms with van der Waals surface area (Å²) in [6.07, 6.45) is 1.03. The molecule has 5 nitrogen and oxygen atoms in total. The van der Waals surface area contributed by atoms with Gasteiger partial charge in [0.15, 0.2) is 0 Å². The Balaban J connectivity index is 1.43. The quantitative estimate of drug-likeness (QED) is 0.702. The molecular formula is C15H16N2O3S. The molecule has 2 heterocycles. The average Bonchev–Trinajstić information content (AvgIpc) is 3.15. The van der Waals surface area contributed by atoms with Crippen molar-refractivity contribution in [2.45, 2.75) is 12.7 Å². The van der Waals surface area contributed by atoms with Gasteiger partial charge >= 0.3 is 0 Å². The number of aromatic nitrogens is 1. The van der Waals surface area contributed by atoms with Crippen molar-refractivity contribution in [1.29, 1.82) is 0 Å². The van der Waals surface area contributed by atoms with Gasteiger partial charge < -0.3 is 19.6 Å². The van der Waals surface area contributed by atoms with E-state index in [0.717, 1.165) is 21.7 Å². The number of furan rings is 1. The van der Waals surface area contributed by atoms with Gasteiger partial charge in [-0.2, -0.15) is 0 Å². The summed E-state index contributed by atoms with van der Waals surface area (Å²) in [5, 5.41) is 13.1. The van der Waals surface area contributed by atoms with Crippen LogP contribution in [-0.2, 0) is 11.3 Å². The molecule has 0 aliphatic heterocycles. The first kappa shape index (κ1) is 14.1. The molecule has 21 heavy (non-hydrogen) atoms. The van der Waals surface area contributed by atoms with Gasteiger partial charge in [-0.15, -0.1) is 11.3 Å². The summed E-state index contributed by atoms with van der Waals surface area (Å²) in [6.45, 7) is 1.07. The highest BCUT2D eigenvalue weighted by Gasteiger charge is 2.06. The Bertz CT molecular complexity index is 681. The summed E-state index contributed by atoms with van der Waals surface area (Å²) in [5.74, 6) is 0.755. The maximum Gasteiger partial charge on any atom is 0.129 e. The van der Waals surface area contributed by atoms with E-state index in [1.54, 1.807) is 17.6 Å². The molecule has 0 saturated heterocycles. The monoisotopic (exact) mass is 304 g/mol. The molecule has 1 atom stereocenters. The molecule has 0 amide bonds. The van der Waals surface area contributed by atoms with Crippen LogP contribution in [0.1, 0.15) is 5.76 Å². The van der Waals surface area contributed by atoms with Crippen LogP contribution in [0.25, 0.3) is 10.2 Å². The SMILES string of the molecule is OC(CNc1ccc2ncsc2c1)COCc1ccco1. The van der Waals surface area contributed by atoms with Crippen LogP contribution in [0.5, 0.6) is 0 Å². The molecule has 2 N–H and O–H groups in total. The molecule has 0 fully saturated rings. The molecule has 1 aromatic carbocycles. The van der Waals surface area contributed by atoms with Crippen molar-refractivity contribution in [1.82, 2.24) is 4.98 Å². The number of aliphatic hydroxyl groups excluding tert-OH is 1. The molecule has 1 unspecified atom stereocenters. The largest absolute Gasteiger partial charge is 0.467 e. The summed E-state index contributed by atoms with van der Waals surface area (Å²) < 4.78 is 11.7. The zero-order chi connectivity index (χ0) is 14.5. The topological polar surface area (TPSA) is 67.5 Å².